The van der Waals surface area contributed by atoms with Crippen LogP contribution in [0.3, 0.4) is 0 Å². The maximum Gasteiger partial charge on any atom is 0.134 e. The predicted molar refractivity (Wildman–Crippen MR) is 69.7 cm³/mol. The van der Waals surface area contributed by atoms with Gasteiger partial charge >= 0.3 is 0 Å². The molecular formula is C13H17N3. The summed E-state index contributed by atoms with van der Waals surface area (Å²) in [4.78, 5) is 4.36. The van der Waals surface area contributed by atoms with Crippen molar-refractivity contribution in [1.29, 1.82) is 0 Å². The van der Waals surface area contributed by atoms with Crippen LogP contribution in [0.15, 0.2) is 24.4 Å². The summed E-state index contributed by atoms with van der Waals surface area (Å²) in [5.41, 5.74) is 7.97. The SMILES string of the molecule is Cc1cc(N)c2ccnc(NC(C)C)c2c1. The van der Waals surface area contributed by atoms with Gasteiger partial charge in [0.25, 0.3) is 0 Å². The van der Waals surface area contributed by atoms with Crippen LogP contribution >= 0.6 is 0 Å². The molecule has 0 spiro atoms. The van der Waals surface area contributed by atoms with Gasteiger partial charge in [0.15, 0.2) is 0 Å². The number of fused-ring (bicyclic) bond motifs is 1. The minimum atomic E-state index is 0.361. The quantitative estimate of drug-likeness (QED) is 0.757. The van der Waals surface area contributed by atoms with Gasteiger partial charge < -0.3 is 11.1 Å². The van der Waals surface area contributed by atoms with E-state index in [4.69, 9.17) is 5.73 Å². The average Bonchev–Trinajstić information content (AvgIpc) is 2.18. The third-order valence-corrected chi connectivity index (χ3v) is 2.48. The molecule has 2 rings (SSSR count). The van der Waals surface area contributed by atoms with Crippen LogP contribution in [-0.2, 0) is 0 Å². The lowest BCUT2D eigenvalue weighted by molar-refractivity contribution is 0.892. The van der Waals surface area contributed by atoms with Crippen LogP contribution in [-0.4, -0.2) is 11.0 Å². The molecule has 0 saturated carbocycles. The number of pyridine rings is 1. The van der Waals surface area contributed by atoms with E-state index in [9.17, 15) is 0 Å². The molecule has 1 aromatic heterocycles. The van der Waals surface area contributed by atoms with Gasteiger partial charge in [0.2, 0.25) is 0 Å². The van der Waals surface area contributed by atoms with Gasteiger partial charge in [-0.05, 0) is 44.5 Å². The number of hydrogen-bond acceptors (Lipinski definition) is 3. The number of nitrogen functional groups attached to an aromatic ring is 1. The zero-order chi connectivity index (χ0) is 11.7. The fraction of sp³-hybridized carbons (Fsp3) is 0.308. The lowest BCUT2D eigenvalue weighted by atomic mass is 10.1. The summed E-state index contributed by atoms with van der Waals surface area (Å²) in [5.74, 6) is 0.905. The largest absolute Gasteiger partial charge is 0.398 e. The lowest BCUT2D eigenvalue weighted by Gasteiger charge is -2.13. The summed E-state index contributed by atoms with van der Waals surface area (Å²) >= 11 is 0. The van der Waals surface area contributed by atoms with E-state index in [1.807, 2.05) is 19.1 Å². The molecule has 16 heavy (non-hydrogen) atoms. The van der Waals surface area contributed by atoms with E-state index in [1.54, 1.807) is 6.20 Å². The van der Waals surface area contributed by atoms with Crippen LogP contribution in [0.2, 0.25) is 0 Å². The summed E-state index contributed by atoms with van der Waals surface area (Å²) in [6, 6.07) is 6.42. The van der Waals surface area contributed by atoms with Crippen LogP contribution in [0.25, 0.3) is 10.8 Å². The van der Waals surface area contributed by atoms with E-state index < -0.39 is 0 Å². The van der Waals surface area contributed by atoms with Crippen LogP contribution in [0.5, 0.6) is 0 Å². The van der Waals surface area contributed by atoms with E-state index in [0.29, 0.717) is 6.04 Å². The van der Waals surface area contributed by atoms with Crippen molar-refractivity contribution in [3.05, 3.63) is 30.0 Å². The fourth-order valence-corrected chi connectivity index (χ4v) is 1.85. The van der Waals surface area contributed by atoms with Crippen molar-refractivity contribution >= 4 is 22.3 Å². The number of nitrogens with two attached hydrogens (primary N) is 1. The molecular weight excluding hydrogens is 198 g/mol. The van der Waals surface area contributed by atoms with E-state index in [-0.39, 0.29) is 0 Å². The van der Waals surface area contributed by atoms with Crippen molar-refractivity contribution in [2.24, 2.45) is 0 Å². The molecule has 0 saturated heterocycles. The average molecular weight is 215 g/mol. The van der Waals surface area contributed by atoms with Crippen molar-refractivity contribution in [1.82, 2.24) is 4.98 Å². The molecule has 2 aromatic rings. The summed E-state index contributed by atoms with van der Waals surface area (Å²) in [6.07, 6.45) is 1.79. The first-order chi connectivity index (χ1) is 7.58. The normalized spacial score (nSPS) is 11.0. The van der Waals surface area contributed by atoms with Crippen LogP contribution < -0.4 is 11.1 Å². The summed E-state index contributed by atoms with van der Waals surface area (Å²) in [6.45, 7) is 6.24. The number of nitrogens with zero attached hydrogens (tertiary/aromatic N) is 1. The second-order valence-electron chi connectivity index (χ2n) is 4.41. The van der Waals surface area contributed by atoms with Crippen LogP contribution in [0.1, 0.15) is 19.4 Å². The maximum atomic E-state index is 6.00. The van der Waals surface area contributed by atoms with E-state index in [0.717, 1.165) is 27.8 Å². The van der Waals surface area contributed by atoms with Crippen molar-refractivity contribution in [3.8, 4) is 0 Å². The molecule has 0 radical (unpaired) electrons. The Labute approximate surface area is 95.7 Å². The van der Waals surface area contributed by atoms with Gasteiger partial charge in [0.05, 0.1) is 0 Å². The highest BCUT2D eigenvalue weighted by molar-refractivity contribution is 5.99. The Morgan fingerprint density at radius 2 is 2.00 bits per heavy atom. The molecule has 0 bridgehead atoms. The first kappa shape index (κ1) is 10.7. The molecule has 1 heterocycles. The molecule has 0 atom stereocenters. The van der Waals surface area contributed by atoms with Crippen molar-refractivity contribution < 1.29 is 0 Å². The highest BCUT2D eigenvalue weighted by Crippen LogP contribution is 2.27. The third-order valence-electron chi connectivity index (χ3n) is 2.48. The topological polar surface area (TPSA) is 50.9 Å². The molecule has 84 valence electrons. The van der Waals surface area contributed by atoms with Gasteiger partial charge in [-0.1, -0.05) is 0 Å². The minimum Gasteiger partial charge on any atom is -0.398 e. The molecule has 3 heteroatoms. The van der Waals surface area contributed by atoms with E-state index in [1.165, 1.54) is 0 Å². The second kappa shape index (κ2) is 4.00. The Morgan fingerprint density at radius 1 is 1.25 bits per heavy atom. The van der Waals surface area contributed by atoms with Crippen LogP contribution in [0.4, 0.5) is 11.5 Å². The van der Waals surface area contributed by atoms with E-state index in [2.05, 4.69) is 30.2 Å². The van der Waals surface area contributed by atoms with Gasteiger partial charge in [-0.3, -0.25) is 0 Å². The van der Waals surface area contributed by atoms with Crippen molar-refractivity contribution in [2.75, 3.05) is 11.1 Å². The Hall–Kier alpha value is -1.77. The standard InChI is InChI=1S/C13H17N3/c1-8(2)16-13-11-6-9(3)7-12(14)10(11)4-5-15-13/h4-8H,14H2,1-3H3,(H,15,16). The monoisotopic (exact) mass is 215 g/mol. The molecule has 0 aliphatic rings. The summed E-state index contributed by atoms with van der Waals surface area (Å²) < 4.78 is 0. The number of aryl methyl sites for hydroxylation is 1. The first-order valence-electron chi connectivity index (χ1n) is 5.49. The Kier molecular flexibility index (Phi) is 2.69. The summed E-state index contributed by atoms with van der Waals surface area (Å²) in [5, 5.41) is 5.49. The number of nitrogens with one attached hydrogen (secondary N) is 1. The van der Waals surface area contributed by atoms with Gasteiger partial charge in [-0.2, -0.15) is 0 Å². The van der Waals surface area contributed by atoms with E-state index >= 15 is 0 Å². The molecule has 0 fully saturated rings. The number of benzene rings is 1. The van der Waals surface area contributed by atoms with Gasteiger partial charge in [-0.25, -0.2) is 4.98 Å². The zero-order valence-electron chi connectivity index (χ0n) is 9.91. The van der Waals surface area contributed by atoms with Gasteiger partial charge in [0, 0.05) is 28.7 Å². The Bertz CT molecular complexity index is 518. The number of hydrogen-bond donors (Lipinski definition) is 2. The molecule has 3 nitrogen and oxygen atoms in total. The van der Waals surface area contributed by atoms with Gasteiger partial charge in [0.1, 0.15) is 5.82 Å². The second-order valence-corrected chi connectivity index (χ2v) is 4.41. The highest BCUT2D eigenvalue weighted by atomic mass is 15.0. The molecule has 1 aromatic carbocycles. The van der Waals surface area contributed by atoms with Gasteiger partial charge in [-0.15, -0.1) is 0 Å². The predicted octanol–water partition coefficient (Wildman–Crippen LogP) is 2.95. The Morgan fingerprint density at radius 3 is 2.69 bits per heavy atom. The Balaban J connectivity index is 2.66. The zero-order valence-corrected chi connectivity index (χ0v) is 9.91. The number of anilines is 2. The number of aromatic nitrogens is 1. The molecule has 0 aliphatic carbocycles. The van der Waals surface area contributed by atoms with Crippen molar-refractivity contribution in [3.63, 3.8) is 0 Å². The maximum absolute atomic E-state index is 6.00. The summed E-state index contributed by atoms with van der Waals surface area (Å²) in [7, 11) is 0. The molecule has 0 aliphatic heterocycles. The first-order valence-corrected chi connectivity index (χ1v) is 5.49. The third kappa shape index (κ3) is 1.94. The fourth-order valence-electron chi connectivity index (χ4n) is 1.85. The molecule has 0 amide bonds. The minimum absolute atomic E-state index is 0.361. The molecule has 3 N–H and O–H groups in total. The smallest absolute Gasteiger partial charge is 0.134 e. The van der Waals surface area contributed by atoms with Crippen molar-refractivity contribution in [2.45, 2.75) is 26.8 Å². The molecule has 0 unspecified atom stereocenters. The highest BCUT2D eigenvalue weighted by Gasteiger charge is 2.06. The lowest BCUT2D eigenvalue weighted by Crippen LogP contribution is -2.11. The van der Waals surface area contributed by atoms with Crippen LogP contribution in [0, 0.1) is 6.92 Å². The number of rotatable bonds is 2.